The van der Waals surface area contributed by atoms with Gasteiger partial charge in [0.05, 0.1) is 14.2 Å². The third kappa shape index (κ3) is 4.54. The molecule has 2 aliphatic rings. The summed E-state index contributed by atoms with van der Waals surface area (Å²) in [4.78, 5) is 29.3. The van der Waals surface area contributed by atoms with Gasteiger partial charge in [-0.25, -0.2) is 4.79 Å². The lowest BCUT2D eigenvalue weighted by Crippen LogP contribution is -2.20. The molecule has 1 N–H and O–H groups in total. The summed E-state index contributed by atoms with van der Waals surface area (Å²) in [5.41, 5.74) is 3.65. The second-order valence-electron chi connectivity index (χ2n) is 8.99. The van der Waals surface area contributed by atoms with Crippen LogP contribution in [0.3, 0.4) is 0 Å². The van der Waals surface area contributed by atoms with Gasteiger partial charge in [0.25, 0.3) is 0 Å². The Bertz CT molecular complexity index is 984. The van der Waals surface area contributed by atoms with E-state index in [1.54, 1.807) is 14.2 Å². The van der Waals surface area contributed by atoms with Crippen molar-refractivity contribution in [2.24, 2.45) is 0 Å². The molecule has 1 saturated carbocycles. The number of ketones is 1. The molecule has 32 heavy (non-hydrogen) atoms. The average molecular weight is 440 g/mol. The summed E-state index contributed by atoms with van der Waals surface area (Å²) in [5.74, 6) is 1.05. The Morgan fingerprint density at radius 1 is 0.969 bits per heavy atom. The lowest BCUT2D eigenvalue weighted by molar-refractivity contribution is 0.0232. The minimum Gasteiger partial charge on any atom is -0.493 e. The van der Waals surface area contributed by atoms with E-state index >= 15 is 0 Å². The zero-order valence-corrected chi connectivity index (χ0v) is 19.3. The van der Waals surface area contributed by atoms with Gasteiger partial charge in [0.15, 0.2) is 17.3 Å². The number of fused-ring (bicyclic) bond motifs is 1. The fourth-order valence-electron chi connectivity index (χ4n) is 5.13. The molecule has 6 heteroatoms. The third-order valence-corrected chi connectivity index (χ3v) is 6.90. The Balaban J connectivity index is 1.54. The van der Waals surface area contributed by atoms with E-state index in [1.165, 1.54) is 19.3 Å². The molecule has 1 aromatic carbocycles. The Labute approximate surface area is 189 Å². The normalized spacial score (nSPS) is 19.6. The first kappa shape index (κ1) is 22.4. The number of Topliss-reactive ketones (excluding diaryl/α,β-unsaturated/α-hetero) is 1. The smallest absolute Gasteiger partial charge is 0.355 e. The molecule has 1 aromatic heterocycles. The van der Waals surface area contributed by atoms with E-state index in [4.69, 9.17) is 14.2 Å². The van der Waals surface area contributed by atoms with Crippen LogP contribution < -0.4 is 9.47 Å². The number of hydrogen-bond donors (Lipinski definition) is 1. The number of carbonyl (C=O) groups excluding carboxylic acids is 2. The number of hydrogen-bond acceptors (Lipinski definition) is 5. The molecule has 0 aliphatic heterocycles. The molecule has 2 aromatic rings. The predicted molar refractivity (Wildman–Crippen MR) is 122 cm³/mol. The van der Waals surface area contributed by atoms with Crippen LogP contribution in [0, 0.1) is 6.92 Å². The van der Waals surface area contributed by atoms with Crippen LogP contribution in [0.4, 0.5) is 0 Å². The number of nitrogens with one attached hydrogen (secondary N) is 1. The van der Waals surface area contributed by atoms with Crippen molar-refractivity contribution in [2.45, 2.75) is 76.7 Å². The molecule has 0 amide bonds. The molecule has 0 spiro atoms. The number of carbonyl (C=O) groups is 2. The minimum absolute atomic E-state index is 0.0160. The molecule has 0 saturated heterocycles. The number of benzene rings is 1. The van der Waals surface area contributed by atoms with Crippen LogP contribution in [-0.4, -0.2) is 37.1 Å². The van der Waals surface area contributed by atoms with Crippen molar-refractivity contribution in [3.8, 4) is 11.5 Å². The summed E-state index contributed by atoms with van der Waals surface area (Å²) >= 11 is 0. The molecular formula is C26H33NO5. The number of aromatic amines is 1. The van der Waals surface area contributed by atoms with E-state index in [-0.39, 0.29) is 23.8 Å². The summed E-state index contributed by atoms with van der Waals surface area (Å²) in [7, 11) is 3.21. The second kappa shape index (κ2) is 9.80. The summed E-state index contributed by atoms with van der Waals surface area (Å²) in [6, 6.07) is 5.77. The van der Waals surface area contributed by atoms with E-state index in [0.717, 1.165) is 36.9 Å². The summed E-state index contributed by atoms with van der Waals surface area (Å²) in [5, 5.41) is 0. The number of methoxy groups -OCH3 is 2. The third-order valence-electron chi connectivity index (χ3n) is 6.90. The summed E-state index contributed by atoms with van der Waals surface area (Å²) in [6.07, 6.45) is 8.76. The van der Waals surface area contributed by atoms with Gasteiger partial charge in [0.1, 0.15) is 11.8 Å². The number of ether oxygens (including phenoxy) is 3. The summed E-state index contributed by atoms with van der Waals surface area (Å²) in [6.45, 7) is 1.85. The van der Waals surface area contributed by atoms with Gasteiger partial charge in [0.2, 0.25) is 0 Å². The zero-order valence-electron chi connectivity index (χ0n) is 19.3. The van der Waals surface area contributed by atoms with Gasteiger partial charge in [0, 0.05) is 17.7 Å². The molecule has 172 valence electrons. The Morgan fingerprint density at radius 3 is 2.34 bits per heavy atom. The highest BCUT2D eigenvalue weighted by molar-refractivity contribution is 6.03. The van der Waals surface area contributed by atoms with Gasteiger partial charge < -0.3 is 19.2 Å². The first-order chi connectivity index (χ1) is 15.5. The van der Waals surface area contributed by atoms with Gasteiger partial charge in [-0.3, -0.25) is 4.79 Å². The Kier molecular flexibility index (Phi) is 6.87. The van der Waals surface area contributed by atoms with Gasteiger partial charge in [-0.1, -0.05) is 25.3 Å². The van der Waals surface area contributed by atoms with E-state index in [0.29, 0.717) is 41.2 Å². The largest absolute Gasteiger partial charge is 0.493 e. The monoisotopic (exact) mass is 439 g/mol. The number of H-pyrrole nitrogens is 1. The number of aromatic nitrogens is 1. The van der Waals surface area contributed by atoms with Gasteiger partial charge in [-0.2, -0.15) is 0 Å². The SMILES string of the molecule is COc1ccc([C@H]2CC(=O)c3c([nH]c(C(=O)OC4CCCCCCC4)c3C)C2)cc1OC. The van der Waals surface area contributed by atoms with Crippen molar-refractivity contribution in [1.29, 1.82) is 0 Å². The highest BCUT2D eigenvalue weighted by Crippen LogP contribution is 2.38. The molecule has 0 radical (unpaired) electrons. The van der Waals surface area contributed by atoms with Crippen molar-refractivity contribution >= 4 is 11.8 Å². The molecular weight excluding hydrogens is 406 g/mol. The molecule has 0 unspecified atom stereocenters. The van der Waals surface area contributed by atoms with E-state index in [2.05, 4.69) is 4.98 Å². The fraction of sp³-hybridized carbons (Fsp3) is 0.538. The fourth-order valence-corrected chi connectivity index (χ4v) is 5.13. The van der Waals surface area contributed by atoms with Crippen molar-refractivity contribution < 1.29 is 23.8 Å². The highest BCUT2D eigenvalue weighted by Gasteiger charge is 2.33. The number of esters is 1. The first-order valence-corrected chi connectivity index (χ1v) is 11.7. The molecule has 2 aliphatic carbocycles. The Morgan fingerprint density at radius 2 is 1.66 bits per heavy atom. The molecule has 0 bridgehead atoms. The lowest BCUT2D eigenvalue weighted by Gasteiger charge is -2.23. The highest BCUT2D eigenvalue weighted by atomic mass is 16.5. The molecule has 1 heterocycles. The minimum atomic E-state index is -0.335. The molecule has 1 atom stereocenters. The number of rotatable bonds is 5. The Hall–Kier alpha value is -2.76. The molecule has 1 fully saturated rings. The molecule has 6 nitrogen and oxygen atoms in total. The topological polar surface area (TPSA) is 77.6 Å². The van der Waals surface area contributed by atoms with Crippen LogP contribution in [0.15, 0.2) is 18.2 Å². The van der Waals surface area contributed by atoms with Crippen LogP contribution in [-0.2, 0) is 11.2 Å². The van der Waals surface area contributed by atoms with Crippen LogP contribution in [0.25, 0.3) is 0 Å². The van der Waals surface area contributed by atoms with Crippen LogP contribution in [0.1, 0.15) is 95.0 Å². The average Bonchev–Trinajstić information content (AvgIpc) is 3.11. The zero-order chi connectivity index (χ0) is 22.7. The standard InChI is InChI=1S/C26H33NO5/c1-16-24-20(27-25(16)26(29)32-19-9-7-5-4-6-8-10-19)13-18(14-21(24)28)17-11-12-22(30-2)23(15-17)31-3/h11-12,15,18-19,27H,4-10,13-14H2,1-3H3/t18-/m1/s1. The van der Waals surface area contributed by atoms with Gasteiger partial charge in [-0.05, 0) is 68.2 Å². The second-order valence-corrected chi connectivity index (χ2v) is 8.99. The van der Waals surface area contributed by atoms with Crippen molar-refractivity contribution in [1.82, 2.24) is 4.98 Å². The van der Waals surface area contributed by atoms with E-state index in [1.807, 2.05) is 25.1 Å². The van der Waals surface area contributed by atoms with Crippen molar-refractivity contribution in [3.63, 3.8) is 0 Å². The summed E-state index contributed by atoms with van der Waals surface area (Å²) < 4.78 is 16.6. The van der Waals surface area contributed by atoms with Crippen molar-refractivity contribution in [2.75, 3.05) is 14.2 Å². The maximum absolute atomic E-state index is 13.0. The molecule has 4 rings (SSSR count). The van der Waals surface area contributed by atoms with Gasteiger partial charge in [-0.15, -0.1) is 0 Å². The van der Waals surface area contributed by atoms with Gasteiger partial charge >= 0.3 is 5.97 Å². The quantitative estimate of drug-likeness (QED) is 0.621. The van der Waals surface area contributed by atoms with Crippen LogP contribution in [0.5, 0.6) is 11.5 Å². The van der Waals surface area contributed by atoms with Crippen LogP contribution >= 0.6 is 0 Å². The van der Waals surface area contributed by atoms with E-state index < -0.39 is 0 Å². The van der Waals surface area contributed by atoms with Crippen molar-refractivity contribution in [3.05, 3.63) is 46.3 Å². The predicted octanol–water partition coefficient (Wildman–Crippen LogP) is 5.52. The van der Waals surface area contributed by atoms with E-state index in [9.17, 15) is 9.59 Å². The maximum Gasteiger partial charge on any atom is 0.355 e. The first-order valence-electron chi connectivity index (χ1n) is 11.7. The maximum atomic E-state index is 13.0. The van der Waals surface area contributed by atoms with Crippen LogP contribution in [0.2, 0.25) is 0 Å². The lowest BCUT2D eigenvalue weighted by atomic mass is 9.81.